The molecule has 43 heavy (non-hydrogen) atoms. The second-order valence-electron chi connectivity index (χ2n) is 11.2. The molecular weight excluding hydrogens is 564 g/mol. The van der Waals surface area contributed by atoms with Crippen LogP contribution in [0.25, 0.3) is 21.6 Å². The van der Waals surface area contributed by atoms with E-state index in [9.17, 15) is 14.4 Å². The van der Waals surface area contributed by atoms with Crippen molar-refractivity contribution in [1.82, 2.24) is 10.3 Å². The van der Waals surface area contributed by atoms with Crippen molar-refractivity contribution in [2.75, 3.05) is 25.6 Å². The number of carbonyl (C=O) groups is 3. The van der Waals surface area contributed by atoms with Crippen molar-refractivity contribution in [3.05, 3.63) is 88.1 Å². The number of nitrogens with one attached hydrogen (secondary N) is 2. The standard InChI is InChI=1S/C33H32N4O5S/c1-33(11-12-33)18-35-31(39)26-8-7-22(28(37-26)32(40)41-2)23-16-27-25(29-20(9-13-42-27)10-14-43-29)15-24(23)30(38)36-21-5-3-19(17-34)4-6-21/h3-8,10,14-16H,9,11-13,17-18,34H2,1-2H3,(H,35,39)(H,36,38). The van der Waals surface area contributed by atoms with E-state index in [0.717, 1.165) is 40.8 Å². The van der Waals surface area contributed by atoms with Gasteiger partial charge in [0.05, 0.1) is 13.7 Å². The minimum Gasteiger partial charge on any atom is -0.493 e. The van der Waals surface area contributed by atoms with Crippen LogP contribution in [-0.4, -0.2) is 43.0 Å². The molecule has 4 aromatic rings. The van der Waals surface area contributed by atoms with Crippen molar-refractivity contribution in [3.8, 4) is 27.3 Å². The largest absolute Gasteiger partial charge is 0.493 e. The number of ether oxygens (including phenoxy) is 2. The lowest BCUT2D eigenvalue weighted by atomic mass is 9.93. The van der Waals surface area contributed by atoms with Crippen LogP contribution in [-0.2, 0) is 17.7 Å². The Labute approximate surface area is 253 Å². The van der Waals surface area contributed by atoms with Gasteiger partial charge in [-0.1, -0.05) is 19.1 Å². The third-order valence-electron chi connectivity index (χ3n) is 8.01. The van der Waals surface area contributed by atoms with Crippen molar-refractivity contribution >= 4 is 34.8 Å². The Morgan fingerprint density at radius 1 is 1.02 bits per heavy atom. The average molecular weight is 597 g/mol. The lowest BCUT2D eigenvalue weighted by molar-refractivity contribution is 0.0594. The number of fused-ring (bicyclic) bond motifs is 3. The first kappa shape index (κ1) is 28.6. The van der Waals surface area contributed by atoms with Crippen molar-refractivity contribution in [2.45, 2.75) is 32.7 Å². The number of hydrogen-bond acceptors (Lipinski definition) is 8. The van der Waals surface area contributed by atoms with Crippen LogP contribution in [0.15, 0.2) is 60.0 Å². The maximum absolute atomic E-state index is 13.9. The van der Waals surface area contributed by atoms with Crippen LogP contribution in [0.5, 0.6) is 5.75 Å². The number of esters is 1. The van der Waals surface area contributed by atoms with E-state index in [2.05, 4.69) is 28.6 Å². The van der Waals surface area contributed by atoms with Crippen molar-refractivity contribution in [1.29, 1.82) is 0 Å². The predicted molar refractivity (Wildman–Crippen MR) is 165 cm³/mol. The van der Waals surface area contributed by atoms with Crippen molar-refractivity contribution in [3.63, 3.8) is 0 Å². The van der Waals surface area contributed by atoms with Gasteiger partial charge in [-0.25, -0.2) is 9.78 Å². The molecule has 0 bridgehead atoms. The van der Waals surface area contributed by atoms with E-state index < -0.39 is 5.97 Å². The molecule has 1 saturated carbocycles. The molecule has 10 heteroatoms. The highest BCUT2D eigenvalue weighted by atomic mass is 32.1. The molecule has 6 rings (SSSR count). The van der Waals surface area contributed by atoms with Gasteiger partial charge in [-0.2, -0.15) is 0 Å². The molecular formula is C33H32N4O5S. The predicted octanol–water partition coefficient (Wildman–Crippen LogP) is 5.44. The summed E-state index contributed by atoms with van der Waals surface area (Å²) in [7, 11) is 1.26. The summed E-state index contributed by atoms with van der Waals surface area (Å²) < 4.78 is 11.2. The highest BCUT2D eigenvalue weighted by Gasteiger charge is 2.37. The number of anilines is 1. The van der Waals surface area contributed by atoms with Crippen LogP contribution in [0, 0.1) is 5.41 Å². The summed E-state index contributed by atoms with van der Waals surface area (Å²) in [4.78, 5) is 45.4. The number of carbonyl (C=O) groups excluding carboxylic acids is 3. The average Bonchev–Trinajstić information content (AvgIpc) is 3.64. The molecule has 220 valence electrons. The maximum Gasteiger partial charge on any atom is 0.357 e. The highest BCUT2D eigenvalue weighted by molar-refractivity contribution is 7.13. The fourth-order valence-electron chi connectivity index (χ4n) is 5.08. The molecule has 9 nitrogen and oxygen atoms in total. The Balaban J connectivity index is 1.45. The fraction of sp³-hybridized carbons (Fsp3) is 0.273. The molecule has 0 radical (unpaired) electrons. The number of thiophene rings is 1. The Kier molecular flexibility index (Phi) is 7.72. The van der Waals surface area contributed by atoms with Gasteiger partial charge in [-0.3, -0.25) is 9.59 Å². The first-order valence-electron chi connectivity index (χ1n) is 14.1. The van der Waals surface area contributed by atoms with Gasteiger partial charge in [-0.05, 0) is 77.2 Å². The quantitative estimate of drug-likeness (QED) is 0.231. The summed E-state index contributed by atoms with van der Waals surface area (Å²) in [5.74, 6) is -0.885. The number of benzene rings is 2. The molecule has 0 unspecified atom stereocenters. The van der Waals surface area contributed by atoms with E-state index in [1.165, 1.54) is 7.11 Å². The summed E-state index contributed by atoms with van der Waals surface area (Å²) in [5, 5.41) is 7.92. The summed E-state index contributed by atoms with van der Waals surface area (Å²) in [6.07, 6.45) is 2.85. The van der Waals surface area contributed by atoms with Crippen LogP contribution >= 0.6 is 11.3 Å². The Morgan fingerprint density at radius 2 is 1.81 bits per heavy atom. The number of nitrogens with two attached hydrogens (primary N) is 1. The van der Waals surface area contributed by atoms with Gasteiger partial charge in [-0.15, -0.1) is 11.3 Å². The van der Waals surface area contributed by atoms with Crippen molar-refractivity contribution < 1.29 is 23.9 Å². The normalized spacial score (nSPS) is 14.4. The molecule has 0 spiro atoms. The lowest BCUT2D eigenvalue weighted by Gasteiger charge is -2.18. The minimum atomic E-state index is -0.723. The van der Waals surface area contributed by atoms with E-state index in [1.54, 1.807) is 47.7 Å². The lowest BCUT2D eigenvalue weighted by Crippen LogP contribution is -2.30. The van der Waals surface area contributed by atoms with Gasteiger partial charge >= 0.3 is 5.97 Å². The number of pyridine rings is 1. The highest BCUT2D eigenvalue weighted by Crippen LogP contribution is 2.45. The van der Waals surface area contributed by atoms with Gasteiger partial charge in [0.1, 0.15) is 11.4 Å². The van der Waals surface area contributed by atoms with Crippen LogP contribution in [0.1, 0.15) is 62.2 Å². The summed E-state index contributed by atoms with van der Waals surface area (Å²) in [5.41, 5.74) is 10.4. The van der Waals surface area contributed by atoms with Gasteiger partial charge < -0.3 is 25.8 Å². The summed E-state index contributed by atoms with van der Waals surface area (Å²) >= 11 is 1.58. The minimum absolute atomic E-state index is 0.0699. The Bertz CT molecular complexity index is 1730. The number of nitrogens with zero attached hydrogens (tertiary/aromatic N) is 1. The number of rotatable bonds is 8. The first-order chi connectivity index (χ1) is 20.8. The number of amides is 2. The van der Waals surface area contributed by atoms with E-state index in [0.29, 0.717) is 47.8 Å². The van der Waals surface area contributed by atoms with Gasteiger partial charge in [0, 0.05) is 52.3 Å². The summed E-state index contributed by atoms with van der Waals surface area (Å²) in [6.45, 7) is 3.51. The van der Waals surface area contributed by atoms with Crippen LogP contribution < -0.4 is 21.1 Å². The second-order valence-corrected chi connectivity index (χ2v) is 12.1. The number of methoxy groups -OCH3 is 1. The molecule has 1 aliphatic carbocycles. The van der Waals surface area contributed by atoms with Crippen LogP contribution in [0.3, 0.4) is 0 Å². The van der Waals surface area contributed by atoms with E-state index in [-0.39, 0.29) is 28.6 Å². The third kappa shape index (κ3) is 5.89. The van der Waals surface area contributed by atoms with E-state index in [4.69, 9.17) is 15.2 Å². The number of hydrogen-bond donors (Lipinski definition) is 3. The molecule has 0 atom stereocenters. The van der Waals surface area contributed by atoms with E-state index in [1.807, 2.05) is 17.5 Å². The van der Waals surface area contributed by atoms with Crippen molar-refractivity contribution in [2.24, 2.45) is 11.1 Å². The fourth-order valence-corrected chi connectivity index (χ4v) is 6.06. The number of aromatic nitrogens is 1. The molecule has 2 aliphatic rings. The van der Waals surface area contributed by atoms with E-state index >= 15 is 0 Å². The summed E-state index contributed by atoms with van der Waals surface area (Å²) in [6, 6.07) is 16.1. The zero-order valence-corrected chi connectivity index (χ0v) is 24.8. The zero-order chi connectivity index (χ0) is 30.1. The molecule has 2 amide bonds. The SMILES string of the molecule is COC(=O)c1nc(C(=O)NCC2(C)CC2)ccc1-c1cc2c(cc1C(=O)Nc1ccc(CN)cc1)-c1sccc1CCO2. The van der Waals surface area contributed by atoms with Gasteiger partial charge in [0.15, 0.2) is 5.69 Å². The molecule has 2 aromatic heterocycles. The van der Waals surface area contributed by atoms with Gasteiger partial charge in [0.25, 0.3) is 11.8 Å². The second kappa shape index (κ2) is 11.6. The Morgan fingerprint density at radius 3 is 2.53 bits per heavy atom. The molecule has 1 aliphatic heterocycles. The van der Waals surface area contributed by atoms with Crippen LogP contribution in [0.2, 0.25) is 0 Å². The zero-order valence-electron chi connectivity index (χ0n) is 24.0. The monoisotopic (exact) mass is 596 g/mol. The molecule has 0 saturated heterocycles. The first-order valence-corrected chi connectivity index (χ1v) is 15.0. The topological polar surface area (TPSA) is 133 Å². The molecule has 2 aromatic carbocycles. The molecule has 4 N–H and O–H groups in total. The van der Waals surface area contributed by atoms with Gasteiger partial charge in [0.2, 0.25) is 0 Å². The maximum atomic E-state index is 13.9. The molecule has 1 fully saturated rings. The Hall–Kier alpha value is -4.54. The third-order valence-corrected chi connectivity index (χ3v) is 9.00. The van der Waals surface area contributed by atoms with Crippen LogP contribution in [0.4, 0.5) is 5.69 Å². The molecule has 3 heterocycles. The smallest absolute Gasteiger partial charge is 0.357 e.